The van der Waals surface area contributed by atoms with E-state index in [2.05, 4.69) is 65.6 Å². The van der Waals surface area contributed by atoms with Crippen molar-refractivity contribution in [1.82, 2.24) is 24.6 Å². The standard InChI is InChI=1S/C24H25N5O2/c1-16-4-7-18(8-5-16)19-9-10-20-23(25-26-29(20)14-19)21-15-28(13-12-27(21)3)24(30)22-11-6-17(2)31-22/h4-11,14,21H,12-13,15H2,1-3H3. The number of aromatic nitrogens is 3. The van der Waals surface area contributed by atoms with E-state index in [0.29, 0.717) is 18.8 Å². The van der Waals surface area contributed by atoms with Crippen molar-refractivity contribution in [3.8, 4) is 11.1 Å². The lowest BCUT2D eigenvalue weighted by atomic mass is 10.0. The van der Waals surface area contributed by atoms with Crippen molar-refractivity contribution < 1.29 is 9.21 Å². The predicted molar refractivity (Wildman–Crippen MR) is 118 cm³/mol. The van der Waals surface area contributed by atoms with Gasteiger partial charge in [0.25, 0.3) is 5.91 Å². The third-order valence-electron chi connectivity index (χ3n) is 6.03. The maximum absolute atomic E-state index is 12.9. The molecule has 1 fully saturated rings. The molecule has 1 aromatic carbocycles. The van der Waals surface area contributed by atoms with Crippen molar-refractivity contribution in [2.75, 3.05) is 26.7 Å². The number of carbonyl (C=O) groups is 1. The number of hydrogen-bond acceptors (Lipinski definition) is 5. The third kappa shape index (κ3) is 3.61. The maximum Gasteiger partial charge on any atom is 0.289 e. The molecular formula is C24H25N5O2. The monoisotopic (exact) mass is 415 g/mol. The van der Waals surface area contributed by atoms with E-state index in [1.807, 2.05) is 28.6 Å². The summed E-state index contributed by atoms with van der Waals surface area (Å²) in [6.45, 7) is 5.89. The maximum atomic E-state index is 12.9. The highest BCUT2D eigenvalue weighted by Crippen LogP contribution is 2.28. The van der Waals surface area contributed by atoms with E-state index in [0.717, 1.165) is 34.6 Å². The third-order valence-corrected chi connectivity index (χ3v) is 6.03. The van der Waals surface area contributed by atoms with E-state index in [4.69, 9.17) is 4.42 Å². The van der Waals surface area contributed by atoms with Gasteiger partial charge >= 0.3 is 0 Å². The summed E-state index contributed by atoms with van der Waals surface area (Å²) in [5, 5.41) is 8.88. The average Bonchev–Trinajstić information content (AvgIpc) is 3.40. The van der Waals surface area contributed by atoms with Gasteiger partial charge in [0.15, 0.2) is 5.76 Å². The quantitative estimate of drug-likeness (QED) is 0.510. The van der Waals surface area contributed by atoms with Crippen molar-refractivity contribution in [2.45, 2.75) is 19.9 Å². The molecule has 0 spiro atoms. The highest BCUT2D eigenvalue weighted by Gasteiger charge is 2.32. The van der Waals surface area contributed by atoms with E-state index >= 15 is 0 Å². The molecule has 5 rings (SSSR count). The number of amides is 1. The number of carbonyl (C=O) groups excluding carboxylic acids is 1. The molecule has 3 aromatic heterocycles. The van der Waals surface area contributed by atoms with Crippen LogP contribution in [0.15, 0.2) is 59.1 Å². The fourth-order valence-electron chi connectivity index (χ4n) is 4.13. The Bertz CT molecular complexity index is 1240. The van der Waals surface area contributed by atoms with E-state index in [9.17, 15) is 4.79 Å². The minimum atomic E-state index is -0.0793. The summed E-state index contributed by atoms with van der Waals surface area (Å²) in [6.07, 6.45) is 2.01. The first-order valence-electron chi connectivity index (χ1n) is 10.5. The van der Waals surface area contributed by atoms with Crippen LogP contribution in [0.25, 0.3) is 16.6 Å². The molecule has 0 saturated carbocycles. The van der Waals surface area contributed by atoms with Gasteiger partial charge in [-0.15, -0.1) is 5.10 Å². The van der Waals surface area contributed by atoms with Gasteiger partial charge in [-0.2, -0.15) is 0 Å². The van der Waals surface area contributed by atoms with Gasteiger partial charge in [-0.05, 0) is 44.7 Å². The molecule has 1 atom stereocenters. The lowest BCUT2D eigenvalue weighted by Gasteiger charge is -2.38. The number of piperazine rings is 1. The highest BCUT2D eigenvalue weighted by atomic mass is 16.3. The second kappa shape index (κ2) is 7.67. The Kier molecular flexibility index (Phi) is 4.82. The Morgan fingerprint density at radius 3 is 2.52 bits per heavy atom. The molecular weight excluding hydrogens is 390 g/mol. The van der Waals surface area contributed by atoms with E-state index in [1.165, 1.54) is 5.56 Å². The molecule has 1 amide bonds. The molecule has 7 heteroatoms. The number of benzene rings is 1. The summed E-state index contributed by atoms with van der Waals surface area (Å²) in [6, 6.07) is 16.1. The molecule has 7 nitrogen and oxygen atoms in total. The fourth-order valence-corrected chi connectivity index (χ4v) is 4.13. The summed E-state index contributed by atoms with van der Waals surface area (Å²) < 4.78 is 7.38. The minimum absolute atomic E-state index is 0.0310. The normalized spacial score (nSPS) is 17.4. The fraction of sp³-hybridized carbons (Fsp3) is 0.292. The van der Waals surface area contributed by atoms with E-state index in [1.54, 1.807) is 6.07 Å². The van der Waals surface area contributed by atoms with Crippen LogP contribution in [-0.2, 0) is 0 Å². The molecule has 31 heavy (non-hydrogen) atoms. The van der Waals surface area contributed by atoms with Crippen molar-refractivity contribution in [3.05, 3.63) is 77.5 Å². The first kappa shape index (κ1) is 19.5. The summed E-state index contributed by atoms with van der Waals surface area (Å²) in [4.78, 5) is 17.0. The Labute approximate surface area is 180 Å². The number of aryl methyl sites for hydroxylation is 2. The lowest BCUT2D eigenvalue weighted by Crippen LogP contribution is -2.49. The van der Waals surface area contributed by atoms with Gasteiger partial charge in [-0.25, -0.2) is 4.52 Å². The Morgan fingerprint density at radius 2 is 1.77 bits per heavy atom. The highest BCUT2D eigenvalue weighted by molar-refractivity contribution is 5.91. The van der Waals surface area contributed by atoms with Crippen LogP contribution in [0.5, 0.6) is 0 Å². The predicted octanol–water partition coefficient (Wildman–Crippen LogP) is 3.74. The number of furan rings is 1. The van der Waals surface area contributed by atoms with Crippen LogP contribution in [0, 0.1) is 13.8 Å². The minimum Gasteiger partial charge on any atom is -0.456 e. The van der Waals surface area contributed by atoms with Crippen molar-refractivity contribution in [3.63, 3.8) is 0 Å². The zero-order valence-electron chi connectivity index (χ0n) is 17.9. The van der Waals surface area contributed by atoms with Crippen LogP contribution in [0.2, 0.25) is 0 Å². The van der Waals surface area contributed by atoms with Crippen LogP contribution in [-0.4, -0.2) is 57.2 Å². The van der Waals surface area contributed by atoms with Gasteiger partial charge in [-0.3, -0.25) is 9.69 Å². The van der Waals surface area contributed by atoms with Crippen LogP contribution in [0.4, 0.5) is 0 Å². The van der Waals surface area contributed by atoms with Gasteiger partial charge in [0.1, 0.15) is 11.5 Å². The number of nitrogens with zero attached hydrogens (tertiary/aromatic N) is 5. The molecule has 0 radical (unpaired) electrons. The molecule has 0 N–H and O–H groups in total. The van der Waals surface area contributed by atoms with E-state index < -0.39 is 0 Å². The number of hydrogen-bond donors (Lipinski definition) is 0. The van der Waals surface area contributed by atoms with Gasteiger partial charge in [0.05, 0.1) is 11.6 Å². The van der Waals surface area contributed by atoms with Crippen LogP contribution in [0.1, 0.15) is 33.6 Å². The van der Waals surface area contributed by atoms with E-state index in [-0.39, 0.29) is 11.9 Å². The van der Waals surface area contributed by atoms with Crippen LogP contribution >= 0.6 is 0 Å². The number of rotatable bonds is 3. The molecule has 0 bridgehead atoms. The van der Waals surface area contributed by atoms with Gasteiger partial charge in [0, 0.05) is 31.4 Å². The molecule has 1 aliphatic rings. The SMILES string of the molecule is Cc1ccc(-c2ccc3c(C4CN(C(=O)c5ccc(C)o5)CCN4C)nnn3c2)cc1. The van der Waals surface area contributed by atoms with Gasteiger partial charge in [-0.1, -0.05) is 41.1 Å². The zero-order chi connectivity index (χ0) is 21.5. The van der Waals surface area contributed by atoms with Crippen molar-refractivity contribution >= 4 is 11.4 Å². The summed E-state index contributed by atoms with van der Waals surface area (Å²) in [5.74, 6) is 1.04. The number of pyridine rings is 1. The summed E-state index contributed by atoms with van der Waals surface area (Å²) in [5.41, 5.74) is 5.30. The molecule has 158 valence electrons. The van der Waals surface area contributed by atoms with Crippen LogP contribution < -0.4 is 0 Å². The topological polar surface area (TPSA) is 66.9 Å². The molecule has 4 heterocycles. The first-order valence-corrected chi connectivity index (χ1v) is 10.5. The molecule has 0 aliphatic carbocycles. The second-order valence-electron chi connectivity index (χ2n) is 8.25. The molecule has 1 unspecified atom stereocenters. The first-order chi connectivity index (χ1) is 15.0. The van der Waals surface area contributed by atoms with Crippen LogP contribution in [0.3, 0.4) is 0 Å². The number of fused-ring (bicyclic) bond motifs is 1. The Morgan fingerprint density at radius 1 is 1.00 bits per heavy atom. The largest absolute Gasteiger partial charge is 0.456 e. The van der Waals surface area contributed by atoms with Gasteiger partial charge < -0.3 is 9.32 Å². The smallest absolute Gasteiger partial charge is 0.289 e. The Balaban J connectivity index is 1.43. The molecule has 1 saturated heterocycles. The van der Waals surface area contributed by atoms with Crippen molar-refractivity contribution in [2.24, 2.45) is 0 Å². The average molecular weight is 415 g/mol. The van der Waals surface area contributed by atoms with Crippen molar-refractivity contribution in [1.29, 1.82) is 0 Å². The molecule has 1 aliphatic heterocycles. The second-order valence-corrected chi connectivity index (χ2v) is 8.25. The molecule has 4 aromatic rings. The summed E-state index contributed by atoms with van der Waals surface area (Å²) >= 11 is 0. The lowest BCUT2D eigenvalue weighted by molar-refractivity contribution is 0.0512. The zero-order valence-corrected chi connectivity index (χ0v) is 17.9. The van der Waals surface area contributed by atoms with Gasteiger partial charge in [0.2, 0.25) is 0 Å². The Hall–Kier alpha value is -3.45. The summed E-state index contributed by atoms with van der Waals surface area (Å²) in [7, 11) is 2.06. The number of likely N-dealkylation sites (N-methyl/N-ethyl adjacent to an activating group) is 1.